The summed E-state index contributed by atoms with van der Waals surface area (Å²) >= 11 is 0. The van der Waals surface area contributed by atoms with Crippen LogP contribution in [-0.2, 0) is 14.3 Å². The van der Waals surface area contributed by atoms with E-state index in [0.717, 1.165) is 26.2 Å². The van der Waals surface area contributed by atoms with Gasteiger partial charge in [-0.25, -0.2) is 0 Å². The van der Waals surface area contributed by atoms with Crippen molar-refractivity contribution in [2.24, 2.45) is 11.7 Å². The minimum Gasteiger partial charge on any atom is -0.383 e. The maximum Gasteiger partial charge on any atom is 0.241 e. The lowest BCUT2D eigenvalue weighted by molar-refractivity contribution is -0.134. The molecular formula is C11H22N2O3. The lowest BCUT2D eigenvalue weighted by atomic mass is 10.1. The van der Waals surface area contributed by atoms with Crippen LogP contribution in [0.5, 0.6) is 0 Å². The van der Waals surface area contributed by atoms with Crippen LogP contribution in [-0.4, -0.2) is 56.9 Å². The first-order valence-corrected chi connectivity index (χ1v) is 5.80. The van der Waals surface area contributed by atoms with Crippen molar-refractivity contribution < 1.29 is 14.3 Å². The van der Waals surface area contributed by atoms with Gasteiger partial charge in [0.15, 0.2) is 0 Å². The number of hydrogen-bond donors (Lipinski definition) is 1. The molecule has 1 saturated heterocycles. The quantitative estimate of drug-likeness (QED) is 0.689. The van der Waals surface area contributed by atoms with Crippen molar-refractivity contribution in [1.29, 1.82) is 0 Å². The first-order chi connectivity index (χ1) is 7.69. The maximum atomic E-state index is 11.9. The highest BCUT2D eigenvalue weighted by atomic mass is 16.5. The topological polar surface area (TPSA) is 64.8 Å². The average Bonchev–Trinajstić information content (AvgIpc) is 2.78. The third-order valence-corrected chi connectivity index (χ3v) is 2.86. The number of carbonyl (C=O) groups is 1. The molecule has 0 bridgehead atoms. The van der Waals surface area contributed by atoms with Gasteiger partial charge in [-0.05, 0) is 13.3 Å². The van der Waals surface area contributed by atoms with Crippen LogP contribution in [0.1, 0.15) is 13.3 Å². The smallest absolute Gasteiger partial charge is 0.241 e. The first kappa shape index (κ1) is 13.4. The molecule has 0 radical (unpaired) electrons. The van der Waals surface area contributed by atoms with Crippen LogP contribution in [0, 0.1) is 5.92 Å². The van der Waals surface area contributed by atoms with E-state index < -0.39 is 6.04 Å². The summed E-state index contributed by atoms with van der Waals surface area (Å²) in [5, 5.41) is 0. The Balaban J connectivity index is 2.42. The predicted molar refractivity (Wildman–Crippen MR) is 61.0 cm³/mol. The Morgan fingerprint density at radius 3 is 2.94 bits per heavy atom. The van der Waals surface area contributed by atoms with Crippen molar-refractivity contribution in [3.05, 3.63) is 0 Å². The highest BCUT2D eigenvalue weighted by Crippen LogP contribution is 2.14. The number of nitrogens with two attached hydrogens (primary N) is 1. The van der Waals surface area contributed by atoms with Gasteiger partial charge in [0.25, 0.3) is 0 Å². The van der Waals surface area contributed by atoms with E-state index in [1.54, 1.807) is 12.0 Å². The van der Waals surface area contributed by atoms with E-state index in [-0.39, 0.29) is 12.5 Å². The van der Waals surface area contributed by atoms with E-state index in [0.29, 0.717) is 12.5 Å². The Hall–Kier alpha value is -0.650. The van der Waals surface area contributed by atoms with E-state index >= 15 is 0 Å². The molecule has 2 unspecified atom stereocenters. The summed E-state index contributed by atoms with van der Waals surface area (Å²) < 4.78 is 10.2. The van der Waals surface area contributed by atoms with Gasteiger partial charge in [0.2, 0.25) is 5.91 Å². The molecule has 1 fully saturated rings. The van der Waals surface area contributed by atoms with Crippen molar-refractivity contribution in [2.75, 3.05) is 40.0 Å². The molecule has 0 aromatic rings. The summed E-state index contributed by atoms with van der Waals surface area (Å²) in [6.07, 6.45) is 1.03. The van der Waals surface area contributed by atoms with Gasteiger partial charge in [-0.1, -0.05) is 0 Å². The van der Waals surface area contributed by atoms with Gasteiger partial charge in [0.1, 0.15) is 6.04 Å². The van der Waals surface area contributed by atoms with Crippen LogP contribution in [0.25, 0.3) is 0 Å². The molecule has 1 rings (SSSR count). The number of ether oxygens (including phenoxy) is 2. The molecule has 1 amide bonds. The number of rotatable bonds is 6. The van der Waals surface area contributed by atoms with Gasteiger partial charge in [-0.2, -0.15) is 0 Å². The maximum absolute atomic E-state index is 11.9. The number of amides is 1. The van der Waals surface area contributed by atoms with Crippen molar-refractivity contribution in [2.45, 2.75) is 19.4 Å². The van der Waals surface area contributed by atoms with Crippen LogP contribution in [0.2, 0.25) is 0 Å². The molecule has 94 valence electrons. The number of hydrogen-bond acceptors (Lipinski definition) is 4. The molecule has 0 spiro atoms. The van der Waals surface area contributed by atoms with E-state index in [2.05, 4.69) is 0 Å². The third kappa shape index (κ3) is 3.73. The van der Waals surface area contributed by atoms with Gasteiger partial charge in [0, 0.05) is 32.7 Å². The number of methoxy groups -OCH3 is 1. The van der Waals surface area contributed by atoms with E-state index in [1.165, 1.54) is 0 Å². The minimum atomic E-state index is -0.549. The highest BCUT2D eigenvalue weighted by molar-refractivity contribution is 5.81. The van der Waals surface area contributed by atoms with E-state index in [1.807, 2.05) is 6.92 Å². The van der Waals surface area contributed by atoms with Gasteiger partial charge in [-0.15, -0.1) is 0 Å². The second kappa shape index (κ2) is 6.83. The van der Waals surface area contributed by atoms with Crippen LogP contribution in [0.4, 0.5) is 0 Å². The number of nitrogens with zero attached hydrogens (tertiary/aromatic N) is 1. The summed E-state index contributed by atoms with van der Waals surface area (Å²) in [5.41, 5.74) is 5.73. The number of carbonyl (C=O) groups excluding carboxylic acids is 1. The largest absolute Gasteiger partial charge is 0.383 e. The summed E-state index contributed by atoms with van der Waals surface area (Å²) in [7, 11) is 1.55. The van der Waals surface area contributed by atoms with Crippen molar-refractivity contribution in [3.8, 4) is 0 Å². The van der Waals surface area contributed by atoms with Crippen LogP contribution in [0.15, 0.2) is 0 Å². The fourth-order valence-electron chi connectivity index (χ4n) is 1.90. The predicted octanol–water partition coefficient (Wildman–Crippen LogP) is -0.155. The second-order valence-electron chi connectivity index (χ2n) is 4.17. The van der Waals surface area contributed by atoms with Gasteiger partial charge < -0.3 is 20.1 Å². The van der Waals surface area contributed by atoms with Crippen LogP contribution < -0.4 is 5.73 Å². The zero-order valence-corrected chi connectivity index (χ0v) is 10.1. The average molecular weight is 230 g/mol. The van der Waals surface area contributed by atoms with E-state index in [4.69, 9.17) is 15.2 Å². The molecular weight excluding hydrogens is 208 g/mol. The van der Waals surface area contributed by atoms with Crippen LogP contribution >= 0.6 is 0 Å². The fraction of sp³-hybridized carbons (Fsp3) is 0.909. The normalized spacial score (nSPS) is 22.1. The van der Waals surface area contributed by atoms with Gasteiger partial charge >= 0.3 is 0 Å². The Kier molecular flexibility index (Phi) is 5.73. The molecule has 5 heteroatoms. The summed E-state index contributed by atoms with van der Waals surface area (Å²) in [6, 6.07) is -0.549. The molecule has 0 aliphatic carbocycles. The molecule has 1 aliphatic heterocycles. The monoisotopic (exact) mass is 230 g/mol. The molecule has 1 heterocycles. The molecule has 0 aromatic carbocycles. The standard InChI is InChI=1S/C11H22N2O3/c1-3-13(6-9-4-5-16-7-9)11(14)10(12)8-15-2/h9-10H,3-8,12H2,1-2H3. The van der Waals surface area contributed by atoms with E-state index in [9.17, 15) is 4.79 Å². The third-order valence-electron chi connectivity index (χ3n) is 2.86. The summed E-state index contributed by atoms with van der Waals surface area (Å²) in [4.78, 5) is 13.7. The van der Waals surface area contributed by atoms with Crippen molar-refractivity contribution in [1.82, 2.24) is 4.90 Å². The highest BCUT2D eigenvalue weighted by Gasteiger charge is 2.24. The molecule has 0 aromatic heterocycles. The zero-order valence-electron chi connectivity index (χ0n) is 10.1. The zero-order chi connectivity index (χ0) is 12.0. The molecule has 1 aliphatic rings. The Bertz CT molecular complexity index is 217. The molecule has 0 saturated carbocycles. The Labute approximate surface area is 96.9 Å². The Morgan fingerprint density at radius 1 is 1.69 bits per heavy atom. The van der Waals surface area contributed by atoms with Crippen molar-refractivity contribution >= 4 is 5.91 Å². The van der Waals surface area contributed by atoms with Gasteiger partial charge in [0.05, 0.1) is 13.2 Å². The molecule has 16 heavy (non-hydrogen) atoms. The SMILES string of the molecule is CCN(CC1CCOC1)C(=O)C(N)COC. The number of likely N-dealkylation sites (N-methyl/N-ethyl adjacent to an activating group) is 1. The Morgan fingerprint density at radius 2 is 2.44 bits per heavy atom. The molecule has 2 atom stereocenters. The fourth-order valence-corrected chi connectivity index (χ4v) is 1.90. The van der Waals surface area contributed by atoms with Crippen LogP contribution in [0.3, 0.4) is 0 Å². The summed E-state index contributed by atoms with van der Waals surface area (Å²) in [5.74, 6) is 0.426. The van der Waals surface area contributed by atoms with Gasteiger partial charge in [-0.3, -0.25) is 4.79 Å². The first-order valence-electron chi connectivity index (χ1n) is 5.80. The lowest BCUT2D eigenvalue weighted by Gasteiger charge is -2.26. The minimum absolute atomic E-state index is 0.0312. The second-order valence-corrected chi connectivity index (χ2v) is 4.17. The summed E-state index contributed by atoms with van der Waals surface area (Å²) in [6.45, 7) is 5.23. The lowest BCUT2D eigenvalue weighted by Crippen LogP contribution is -2.47. The molecule has 5 nitrogen and oxygen atoms in total. The van der Waals surface area contributed by atoms with Crippen molar-refractivity contribution in [3.63, 3.8) is 0 Å². The molecule has 2 N–H and O–H groups in total.